The summed E-state index contributed by atoms with van der Waals surface area (Å²) in [6.07, 6.45) is 0. The molecule has 0 aromatic heterocycles. The van der Waals surface area contributed by atoms with Gasteiger partial charge in [-0.25, -0.2) is 0 Å². The molecule has 2 aromatic rings. The lowest BCUT2D eigenvalue weighted by Gasteiger charge is -2.39. The van der Waals surface area contributed by atoms with Gasteiger partial charge in [-0.1, -0.05) is 59.6 Å². The number of rotatable bonds is 0. The van der Waals surface area contributed by atoms with Crippen molar-refractivity contribution < 1.29 is 9.47 Å². The maximum absolute atomic E-state index is 7.26. The molecule has 1 saturated heterocycles. The van der Waals surface area contributed by atoms with Gasteiger partial charge in [-0.05, 0) is 21.9 Å². The van der Waals surface area contributed by atoms with E-state index in [2.05, 4.69) is 24.3 Å². The average molecular weight is 414 g/mol. The number of alkyl halides is 2. The van der Waals surface area contributed by atoms with Crippen molar-refractivity contribution in [3.05, 3.63) is 57.6 Å². The fourth-order valence-electron chi connectivity index (χ4n) is 5.55. The van der Waals surface area contributed by atoms with E-state index < -0.39 is 15.5 Å². The predicted octanol–water partition coefficient (Wildman–Crippen LogP) is 5.44. The Labute approximate surface area is 164 Å². The molecule has 0 radical (unpaired) electrons. The van der Waals surface area contributed by atoms with Gasteiger partial charge in [0.05, 0.1) is 23.3 Å². The molecule has 25 heavy (non-hydrogen) atoms. The van der Waals surface area contributed by atoms with E-state index in [0.29, 0.717) is 23.3 Å². The molecule has 1 saturated carbocycles. The number of ether oxygens (including phenoxy) is 2. The summed E-state index contributed by atoms with van der Waals surface area (Å²) in [4.78, 5) is -2.27. The lowest BCUT2D eigenvalue weighted by atomic mass is 9.80. The fourth-order valence-corrected chi connectivity index (χ4v) is 7.67. The minimum Gasteiger partial charge on any atom is -0.344 e. The van der Waals surface area contributed by atoms with Gasteiger partial charge in [-0.15, -0.1) is 23.2 Å². The Morgan fingerprint density at radius 2 is 1.28 bits per heavy atom. The Morgan fingerprint density at radius 3 is 1.76 bits per heavy atom. The first kappa shape index (κ1) is 15.6. The number of fused-ring (bicyclic) bond motifs is 5. The summed E-state index contributed by atoms with van der Waals surface area (Å²) in [7, 11) is 0. The summed E-state index contributed by atoms with van der Waals surface area (Å²) in [6, 6.07) is 12.5. The van der Waals surface area contributed by atoms with Crippen molar-refractivity contribution in [1.29, 1.82) is 0 Å². The van der Waals surface area contributed by atoms with Crippen LogP contribution in [0.2, 0.25) is 0 Å². The Hall–Kier alpha value is -0.480. The van der Waals surface area contributed by atoms with E-state index in [9.17, 15) is 0 Å². The molecule has 128 valence electrons. The monoisotopic (exact) mass is 412 g/mol. The number of hydrogen-bond donors (Lipinski definition) is 0. The number of benzene rings is 2. The second kappa shape index (κ2) is 4.49. The third kappa shape index (κ3) is 1.33. The van der Waals surface area contributed by atoms with Crippen LogP contribution < -0.4 is 0 Å². The molecule has 0 amide bonds. The molecule has 1 aliphatic heterocycles. The van der Waals surface area contributed by atoms with Gasteiger partial charge < -0.3 is 9.47 Å². The van der Waals surface area contributed by atoms with E-state index in [4.69, 9.17) is 55.9 Å². The zero-order valence-electron chi connectivity index (χ0n) is 12.9. The topological polar surface area (TPSA) is 18.5 Å². The van der Waals surface area contributed by atoms with Gasteiger partial charge in [0.15, 0.2) is 0 Å². The van der Waals surface area contributed by atoms with Crippen LogP contribution in [0.1, 0.15) is 23.0 Å². The van der Waals surface area contributed by atoms with Crippen LogP contribution in [0.3, 0.4) is 0 Å². The van der Waals surface area contributed by atoms with Crippen LogP contribution in [0.25, 0.3) is 10.8 Å². The van der Waals surface area contributed by atoms with Gasteiger partial charge in [0.2, 0.25) is 5.79 Å². The molecule has 1 heterocycles. The van der Waals surface area contributed by atoms with E-state index >= 15 is 0 Å². The molecule has 2 bridgehead atoms. The molecule has 0 N–H and O–H groups in total. The molecule has 6 rings (SSSR count). The number of hydrogen-bond acceptors (Lipinski definition) is 2. The number of halogens is 4. The van der Waals surface area contributed by atoms with Crippen LogP contribution in [-0.4, -0.2) is 28.7 Å². The zero-order chi connectivity index (χ0) is 17.2. The van der Waals surface area contributed by atoms with Crippen molar-refractivity contribution in [1.82, 2.24) is 0 Å². The molecule has 2 fully saturated rings. The van der Waals surface area contributed by atoms with Crippen molar-refractivity contribution in [2.24, 2.45) is 0 Å². The molecule has 4 aliphatic rings. The molecular weight excluding hydrogens is 402 g/mol. The summed E-state index contributed by atoms with van der Waals surface area (Å²) in [5.74, 6) is -1.55. The van der Waals surface area contributed by atoms with Gasteiger partial charge in [0, 0.05) is 11.8 Å². The van der Waals surface area contributed by atoms with Crippen LogP contribution in [-0.2, 0) is 9.47 Å². The third-order valence-electron chi connectivity index (χ3n) is 6.31. The van der Waals surface area contributed by atoms with E-state index in [1.54, 1.807) is 0 Å². The highest BCUT2D eigenvalue weighted by Gasteiger charge is 2.87. The predicted molar refractivity (Wildman–Crippen MR) is 100.0 cm³/mol. The minimum atomic E-state index is -1.25. The van der Waals surface area contributed by atoms with E-state index in [1.807, 2.05) is 12.1 Å². The highest BCUT2D eigenvalue weighted by Crippen LogP contribution is 2.81. The lowest BCUT2D eigenvalue weighted by molar-refractivity contribution is -0.170. The first-order chi connectivity index (χ1) is 12.0. The highest BCUT2D eigenvalue weighted by atomic mass is 35.5. The van der Waals surface area contributed by atoms with Crippen molar-refractivity contribution in [3.63, 3.8) is 0 Å². The van der Waals surface area contributed by atoms with Crippen LogP contribution >= 0.6 is 46.4 Å². The van der Waals surface area contributed by atoms with E-state index in [-0.39, 0.29) is 11.8 Å². The largest absolute Gasteiger partial charge is 0.344 e. The first-order valence-corrected chi connectivity index (χ1v) is 9.73. The Balaban J connectivity index is 1.76. The van der Waals surface area contributed by atoms with E-state index in [0.717, 1.165) is 11.1 Å². The summed E-state index contributed by atoms with van der Waals surface area (Å²) in [5, 5.41) is 3.05. The Kier molecular flexibility index (Phi) is 2.80. The van der Waals surface area contributed by atoms with Gasteiger partial charge in [-0.3, -0.25) is 0 Å². The highest BCUT2D eigenvalue weighted by molar-refractivity contribution is 6.52. The molecule has 0 unspecified atom stereocenters. The standard InChI is InChI=1S/C19H12Cl4O2/c20-15-16(21)18(23)14-11-6-2-4-9-3-1-5-10(12(9)11)13(14)17(15,22)19(18)24-7-8-25-19/h1-6,13-14H,7-8H2/t13-,14+,17-,18-/m0/s1. The maximum atomic E-state index is 7.26. The Morgan fingerprint density at radius 1 is 0.800 bits per heavy atom. The maximum Gasteiger partial charge on any atom is 0.219 e. The molecule has 1 spiro atoms. The first-order valence-electron chi connectivity index (χ1n) is 8.22. The SMILES string of the molecule is ClC1=C(Cl)[C@@]2(Cl)[C@H]3c4cccc5cccc(c45)[C@H]3[C@@]1(Cl)C21OCCO1. The van der Waals surface area contributed by atoms with Gasteiger partial charge in [0.1, 0.15) is 9.75 Å². The van der Waals surface area contributed by atoms with Gasteiger partial charge in [-0.2, -0.15) is 0 Å². The summed E-state index contributed by atoms with van der Waals surface area (Å²) in [5.41, 5.74) is 2.27. The molecule has 3 aliphatic carbocycles. The average Bonchev–Trinajstić information content (AvgIpc) is 3.31. The molecule has 2 nitrogen and oxygen atoms in total. The normalized spacial score (nSPS) is 39.8. The Bertz CT molecular complexity index is 927. The summed E-state index contributed by atoms with van der Waals surface area (Å²) in [6.45, 7) is 0.838. The zero-order valence-corrected chi connectivity index (χ0v) is 15.9. The van der Waals surface area contributed by atoms with Crippen molar-refractivity contribution >= 4 is 57.2 Å². The van der Waals surface area contributed by atoms with E-state index in [1.165, 1.54) is 10.8 Å². The quantitative estimate of drug-likeness (QED) is 0.535. The lowest BCUT2D eigenvalue weighted by Crippen LogP contribution is -2.55. The minimum absolute atomic E-state index is 0.152. The van der Waals surface area contributed by atoms with Crippen molar-refractivity contribution in [2.75, 3.05) is 13.2 Å². The van der Waals surface area contributed by atoms with Crippen LogP contribution in [0.4, 0.5) is 0 Å². The van der Waals surface area contributed by atoms with Crippen LogP contribution in [0, 0.1) is 0 Å². The molecule has 6 heteroatoms. The second-order valence-electron chi connectivity index (χ2n) is 7.11. The molecule has 4 atom stereocenters. The molecule has 2 aromatic carbocycles. The fraction of sp³-hybridized carbons (Fsp3) is 0.368. The molecular formula is C19H12Cl4O2. The second-order valence-corrected chi connectivity index (χ2v) is 9.06. The summed E-state index contributed by atoms with van der Waals surface area (Å²) < 4.78 is 12.2. The van der Waals surface area contributed by atoms with Crippen LogP contribution in [0.5, 0.6) is 0 Å². The van der Waals surface area contributed by atoms with Gasteiger partial charge >= 0.3 is 0 Å². The third-order valence-corrected chi connectivity index (χ3v) is 8.92. The smallest absolute Gasteiger partial charge is 0.219 e. The van der Waals surface area contributed by atoms with Crippen molar-refractivity contribution in [3.8, 4) is 0 Å². The van der Waals surface area contributed by atoms with Crippen LogP contribution in [0.15, 0.2) is 46.5 Å². The van der Waals surface area contributed by atoms with Gasteiger partial charge in [0.25, 0.3) is 0 Å². The summed E-state index contributed by atoms with van der Waals surface area (Å²) >= 11 is 27.9. The van der Waals surface area contributed by atoms with Crippen molar-refractivity contribution in [2.45, 2.75) is 27.4 Å².